The Labute approximate surface area is 320 Å². The number of allylic oxidation sites excluding steroid dienone is 2. The lowest BCUT2D eigenvalue weighted by Crippen LogP contribution is -2.58. The molecule has 8 heteroatoms. The summed E-state index contributed by atoms with van der Waals surface area (Å²) < 4.78 is 0. The zero-order valence-electron chi connectivity index (χ0n) is 34.2. The van der Waals surface area contributed by atoms with Gasteiger partial charge in [0.15, 0.2) is 5.78 Å². The average Bonchev–Trinajstić information content (AvgIpc) is 3.41. The van der Waals surface area contributed by atoms with Crippen LogP contribution < -0.4 is 5.32 Å². The van der Waals surface area contributed by atoms with E-state index in [1.807, 2.05) is 6.92 Å². The van der Waals surface area contributed by atoms with Crippen molar-refractivity contribution >= 4 is 23.4 Å². The highest BCUT2D eigenvalue weighted by Crippen LogP contribution is 2.70. The van der Waals surface area contributed by atoms with E-state index in [2.05, 4.69) is 56.7 Å². The summed E-state index contributed by atoms with van der Waals surface area (Å²) in [5.41, 5.74) is 2.89. The third-order valence-electron chi connectivity index (χ3n) is 17.5. The number of aliphatic carboxylic acids is 1. The number of likely N-dealkylation sites (N-methyl/N-ethyl adjacent to an activating group) is 1. The van der Waals surface area contributed by atoms with Crippen LogP contribution in [0.25, 0.3) is 0 Å². The lowest BCUT2D eigenvalue weighted by Gasteiger charge is -2.65. The van der Waals surface area contributed by atoms with Gasteiger partial charge in [0.2, 0.25) is 5.91 Å². The predicted molar refractivity (Wildman–Crippen MR) is 208 cm³/mol. The summed E-state index contributed by atoms with van der Waals surface area (Å²) in [6, 6.07) is 0. The molecule has 5 saturated carbocycles. The van der Waals surface area contributed by atoms with Crippen LogP contribution in [-0.4, -0.2) is 84.2 Å². The number of amides is 1. The van der Waals surface area contributed by atoms with Crippen LogP contribution in [0.3, 0.4) is 0 Å². The predicted octanol–water partition coefficient (Wildman–Crippen LogP) is 7.26. The van der Waals surface area contributed by atoms with Gasteiger partial charge in [-0.15, -0.1) is 0 Å². The second-order valence-corrected chi connectivity index (χ2v) is 20.3. The second kappa shape index (κ2) is 14.8. The highest BCUT2D eigenvalue weighted by atomic mass is 16.4. The Morgan fingerprint density at radius 2 is 1.62 bits per heavy atom. The summed E-state index contributed by atoms with van der Waals surface area (Å²) in [6.07, 6.45) is 12.1. The van der Waals surface area contributed by atoms with E-state index in [0.29, 0.717) is 79.4 Å². The van der Waals surface area contributed by atoms with Gasteiger partial charge in [0.25, 0.3) is 0 Å². The minimum Gasteiger partial charge on any atom is -0.481 e. The molecule has 0 spiro atoms. The van der Waals surface area contributed by atoms with Crippen molar-refractivity contribution in [1.82, 2.24) is 15.1 Å². The Morgan fingerprint density at radius 1 is 0.906 bits per heavy atom. The zero-order valence-corrected chi connectivity index (χ0v) is 34.2. The van der Waals surface area contributed by atoms with Crippen LogP contribution in [-0.2, 0) is 19.2 Å². The van der Waals surface area contributed by atoms with Gasteiger partial charge in [0, 0.05) is 56.9 Å². The van der Waals surface area contributed by atoms with Crippen LogP contribution in [0.1, 0.15) is 126 Å². The van der Waals surface area contributed by atoms with Crippen molar-refractivity contribution in [3.63, 3.8) is 0 Å². The number of nitrogens with zero attached hydrogens (tertiary/aromatic N) is 2. The molecule has 296 valence electrons. The number of ketones is 2. The molecule has 7 rings (SSSR count). The van der Waals surface area contributed by atoms with Crippen LogP contribution >= 0.6 is 0 Å². The third-order valence-corrected chi connectivity index (χ3v) is 17.5. The van der Waals surface area contributed by atoms with Crippen molar-refractivity contribution in [2.45, 2.75) is 126 Å². The average molecular weight is 734 g/mol. The van der Waals surface area contributed by atoms with Gasteiger partial charge in [0.05, 0.1) is 12.5 Å². The summed E-state index contributed by atoms with van der Waals surface area (Å²) in [7, 11) is 0. The molecule has 11 unspecified atom stereocenters. The smallest absolute Gasteiger partial charge is 0.306 e. The number of hydrogen-bond acceptors (Lipinski definition) is 6. The number of fused-ring (bicyclic) bond motifs is 7. The number of Topliss-reactive ketones (excluding diaryl/α,β-unsaturated/α-hetero) is 2. The van der Waals surface area contributed by atoms with Gasteiger partial charge in [-0.25, -0.2) is 0 Å². The van der Waals surface area contributed by atoms with Crippen molar-refractivity contribution in [3.8, 4) is 0 Å². The largest absolute Gasteiger partial charge is 0.481 e. The van der Waals surface area contributed by atoms with Gasteiger partial charge in [0.1, 0.15) is 5.78 Å². The van der Waals surface area contributed by atoms with Gasteiger partial charge in [-0.1, -0.05) is 54.0 Å². The fourth-order valence-corrected chi connectivity index (χ4v) is 14.5. The van der Waals surface area contributed by atoms with Crippen molar-refractivity contribution in [2.24, 2.45) is 75.4 Å². The van der Waals surface area contributed by atoms with Crippen LogP contribution in [0.2, 0.25) is 0 Å². The summed E-state index contributed by atoms with van der Waals surface area (Å²) in [6.45, 7) is 22.3. The number of carboxylic acid groups (broad SMARTS) is 1. The fraction of sp³-hybridized carbons (Fsp3) is 0.867. The van der Waals surface area contributed by atoms with Crippen LogP contribution in [0.4, 0.5) is 0 Å². The Morgan fingerprint density at radius 3 is 2.28 bits per heavy atom. The quantitative estimate of drug-likeness (QED) is 0.230. The zero-order chi connectivity index (χ0) is 38.0. The number of carboxylic acids is 1. The molecule has 0 aromatic carbocycles. The van der Waals surface area contributed by atoms with Crippen molar-refractivity contribution in [2.75, 3.05) is 45.8 Å². The summed E-state index contributed by atoms with van der Waals surface area (Å²) in [4.78, 5) is 56.8. The third kappa shape index (κ3) is 6.80. The van der Waals surface area contributed by atoms with E-state index in [9.17, 15) is 24.3 Å². The SMILES string of the molecule is CCN1CCN(CC(=O)NCCC23CCC4C(CCC5C4CCC4C(C)(C)C(CC(=O)C6CC(C(=O)O)C6C)CCC54C)C2=C(C(C)C)C(=O)C3)CC1. The molecule has 7 aliphatic rings. The Hall–Kier alpha value is -2.06. The molecule has 1 heterocycles. The van der Waals surface area contributed by atoms with E-state index in [1.165, 1.54) is 44.1 Å². The highest BCUT2D eigenvalue weighted by molar-refractivity contribution is 6.00. The summed E-state index contributed by atoms with van der Waals surface area (Å²) in [5.74, 6) is 3.24. The molecule has 6 fully saturated rings. The molecule has 1 saturated heterocycles. The van der Waals surface area contributed by atoms with Crippen LogP contribution in [0.5, 0.6) is 0 Å². The van der Waals surface area contributed by atoms with Gasteiger partial charge in [-0.05, 0) is 134 Å². The maximum atomic E-state index is 13.9. The first-order chi connectivity index (χ1) is 25.1. The van der Waals surface area contributed by atoms with Gasteiger partial charge in [-0.2, -0.15) is 0 Å². The first-order valence-corrected chi connectivity index (χ1v) is 21.9. The first-order valence-electron chi connectivity index (χ1n) is 21.9. The van der Waals surface area contributed by atoms with E-state index >= 15 is 0 Å². The molecule has 2 N–H and O–H groups in total. The lowest BCUT2D eigenvalue weighted by atomic mass is 9.39. The van der Waals surface area contributed by atoms with Gasteiger partial charge >= 0.3 is 5.97 Å². The molecule has 0 aromatic rings. The van der Waals surface area contributed by atoms with E-state index in [-0.39, 0.29) is 45.8 Å². The summed E-state index contributed by atoms with van der Waals surface area (Å²) >= 11 is 0. The second-order valence-electron chi connectivity index (χ2n) is 20.3. The highest BCUT2D eigenvalue weighted by Gasteiger charge is 2.63. The minimum absolute atomic E-state index is 0.0472. The molecular formula is C45H71N3O5. The molecule has 1 aliphatic heterocycles. The monoisotopic (exact) mass is 734 g/mol. The number of carbonyl (C=O) groups excluding carboxylic acids is 3. The van der Waals surface area contributed by atoms with Crippen molar-refractivity contribution in [1.29, 1.82) is 0 Å². The Bertz CT molecular complexity index is 1480. The van der Waals surface area contributed by atoms with Crippen LogP contribution in [0, 0.1) is 75.4 Å². The minimum atomic E-state index is -0.752. The van der Waals surface area contributed by atoms with Crippen molar-refractivity contribution < 1.29 is 24.3 Å². The van der Waals surface area contributed by atoms with Gasteiger partial charge in [-0.3, -0.25) is 24.1 Å². The maximum Gasteiger partial charge on any atom is 0.306 e. The molecular weight excluding hydrogens is 663 g/mol. The lowest BCUT2D eigenvalue weighted by molar-refractivity contribution is -0.162. The Balaban J connectivity index is 1.02. The standard InChI is InChI=1S/C45H71N3O5/c1-8-47-19-21-48(22-20-47)26-39(51)46-18-17-45-16-14-30-31-10-12-38-43(5,6)29(23-36(49)33-24-34(28(33)4)42(52)53)13-15-44(38,7)35(31)11-9-32(30)41(45)40(27(2)3)37(50)25-45/h27-35,38H,8-26H2,1-7H3,(H,46,51)(H,52,53). The molecule has 0 radical (unpaired) electrons. The Kier molecular flexibility index (Phi) is 10.9. The van der Waals surface area contributed by atoms with E-state index < -0.39 is 5.97 Å². The van der Waals surface area contributed by atoms with Gasteiger partial charge < -0.3 is 15.3 Å². The fourth-order valence-electron chi connectivity index (χ4n) is 14.5. The van der Waals surface area contributed by atoms with E-state index in [1.54, 1.807) is 0 Å². The molecule has 6 aliphatic carbocycles. The van der Waals surface area contributed by atoms with E-state index in [4.69, 9.17) is 0 Å². The molecule has 8 nitrogen and oxygen atoms in total. The van der Waals surface area contributed by atoms with E-state index in [0.717, 1.165) is 57.6 Å². The maximum absolute atomic E-state index is 13.9. The molecule has 0 bridgehead atoms. The molecule has 0 aromatic heterocycles. The number of carbonyl (C=O) groups is 4. The number of nitrogens with one attached hydrogen (secondary N) is 1. The topological polar surface area (TPSA) is 107 Å². The van der Waals surface area contributed by atoms with Crippen LogP contribution in [0.15, 0.2) is 11.1 Å². The first kappa shape index (κ1) is 39.2. The number of hydrogen-bond donors (Lipinski definition) is 2. The number of piperazine rings is 1. The molecule has 53 heavy (non-hydrogen) atoms. The molecule has 11 atom stereocenters. The number of rotatable bonds is 11. The molecule has 1 amide bonds. The normalized spacial score (nSPS) is 41.2. The van der Waals surface area contributed by atoms with Crippen molar-refractivity contribution in [3.05, 3.63) is 11.1 Å². The summed E-state index contributed by atoms with van der Waals surface area (Å²) in [5, 5.41) is 12.8.